The van der Waals surface area contributed by atoms with Crippen molar-refractivity contribution in [1.29, 1.82) is 4.78 Å². The number of hydrogen-bond donors (Lipinski definition) is 2. The van der Waals surface area contributed by atoms with Gasteiger partial charge >= 0.3 is 0 Å². The molecule has 0 aliphatic carbocycles. The summed E-state index contributed by atoms with van der Waals surface area (Å²) in [5.41, 5.74) is 0.722. The van der Waals surface area contributed by atoms with Gasteiger partial charge in [-0.15, -0.1) is 0 Å². The van der Waals surface area contributed by atoms with Gasteiger partial charge in [0, 0.05) is 23.0 Å². The summed E-state index contributed by atoms with van der Waals surface area (Å²) >= 11 is 4.75. The third-order valence-electron chi connectivity index (χ3n) is 3.13. The lowest BCUT2D eigenvalue weighted by Gasteiger charge is -2.11. The maximum Gasteiger partial charge on any atom is 0.228 e. The number of nitrogens with one attached hydrogen (secondary N) is 2. The Balaban J connectivity index is 2.19. The average Bonchev–Trinajstić information content (AvgIpc) is 2.50. The quantitative estimate of drug-likeness (QED) is 0.531. The highest BCUT2D eigenvalue weighted by molar-refractivity contribution is 9.10. The maximum atomic E-state index is 11.7. The van der Waals surface area contributed by atoms with E-state index in [0.29, 0.717) is 15.9 Å². The standard InChI is InChI=1S/C15H17BrN4O2S2/c1-9(21)10(2)23-14-13(16)8-18-15(20-14)19-11-4-6-12(7-5-11)24(3,17)22/h4-8,10,17H,1-3H3,(H,18,19,20). The van der Waals surface area contributed by atoms with E-state index < -0.39 is 9.73 Å². The minimum absolute atomic E-state index is 0.0779. The summed E-state index contributed by atoms with van der Waals surface area (Å²) in [6.07, 6.45) is 3.01. The topological polar surface area (TPSA) is 95.8 Å². The summed E-state index contributed by atoms with van der Waals surface area (Å²) in [6, 6.07) is 6.74. The van der Waals surface area contributed by atoms with Gasteiger partial charge in [0.15, 0.2) is 0 Å². The number of ketones is 1. The van der Waals surface area contributed by atoms with Crippen LogP contribution in [0, 0.1) is 4.78 Å². The Labute approximate surface area is 154 Å². The van der Waals surface area contributed by atoms with Crippen LogP contribution in [-0.4, -0.2) is 31.5 Å². The van der Waals surface area contributed by atoms with Crippen LogP contribution in [0.25, 0.3) is 0 Å². The number of Topliss-reactive ketones (excluding diaryl/α,β-unsaturated/α-hetero) is 1. The van der Waals surface area contributed by atoms with Gasteiger partial charge in [-0.3, -0.25) is 4.79 Å². The van der Waals surface area contributed by atoms with Crippen molar-refractivity contribution in [2.75, 3.05) is 11.6 Å². The van der Waals surface area contributed by atoms with Crippen LogP contribution in [0.5, 0.6) is 0 Å². The molecule has 2 N–H and O–H groups in total. The Hall–Kier alpha value is -1.45. The first-order valence-corrected chi connectivity index (χ1v) is 10.6. The van der Waals surface area contributed by atoms with E-state index in [2.05, 4.69) is 31.2 Å². The highest BCUT2D eigenvalue weighted by Gasteiger charge is 2.14. The van der Waals surface area contributed by atoms with E-state index in [9.17, 15) is 9.00 Å². The molecule has 0 aliphatic rings. The Morgan fingerprint density at radius 2 is 2.00 bits per heavy atom. The number of carbonyl (C=O) groups excluding carboxylic acids is 1. The van der Waals surface area contributed by atoms with Crippen LogP contribution >= 0.6 is 27.7 Å². The molecule has 1 aromatic heterocycles. The number of rotatable bonds is 6. The van der Waals surface area contributed by atoms with Gasteiger partial charge < -0.3 is 5.32 Å². The van der Waals surface area contributed by atoms with Gasteiger partial charge in [0.25, 0.3) is 0 Å². The molecular weight excluding hydrogens is 412 g/mol. The Morgan fingerprint density at radius 3 is 2.54 bits per heavy atom. The molecule has 2 atom stereocenters. The lowest BCUT2D eigenvalue weighted by atomic mass is 10.3. The summed E-state index contributed by atoms with van der Waals surface area (Å²) in [5, 5.41) is 3.54. The molecule has 1 aromatic carbocycles. The van der Waals surface area contributed by atoms with E-state index in [-0.39, 0.29) is 11.0 Å². The first kappa shape index (κ1) is 18.9. The minimum Gasteiger partial charge on any atom is -0.324 e. The fourth-order valence-electron chi connectivity index (χ4n) is 1.67. The van der Waals surface area contributed by atoms with Crippen LogP contribution in [0.2, 0.25) is 0 Å². The largest absolute Gasteiger partial charge is 0.324 e. The summed E-state index contributed by atoms with van der Waals surface area (Å²) < 4.78 is 20.0. The zero-order chi connectivity index (χ0) is 17.9. The number of carbonyl (C=O) groups is 1. The molecule has 0 aliphatic heterocycles. The molecule has 0 radical (unpaired) electrons. The molecule has 0 saturated heterocycles. The van der Waals surface area contributed by atoms with E-state index in [0.717, 1.165) is 10.2 Å². The van der Waals surface area contributed by atoms with Gasteiger partial charge in [0.1, 0.15) is 10.8 Å². The van der Waals surface area contributed by atoms with Gasteiger partial charge in [0.05, 0.1) is 19.5 Å². The third-order valence-corrected chi connectivity index (χ3v) is 6.37. The summed E-state index contributed by atoms with van der Waals surface area (Å²) in [5.74, 6) is 0.474. The van der Waals surface area contributed by atoms with Crippen molar-refractivity contribution in [3.05, 3.63) is 34.9 Å². The molecule has 0 bridgehead atoms. The van der Waals surface area contributed by atoms with Crippen LogP contribution in [0.15, 0.2) is 44.9 Å². The summed E-state index contributed by atoms with van der Waals surface area (Å²) in [6.45, 7) is 3.38. The molecule has 1 heterocycles. The van der Waals surface area contributed by atoms with Gasteiger partial charge in [-0.1, -0.05) is 11.8 Å². The average molecular weight is 429 g/mol. The lowest BCUT2D eigenvalue weighted by molar-refractivity contribution is -0.116. The molecular formula is C15H17BrN4O2S2. The van der Waals surface area contributed by atoms with E-state index in [1.165, 1.54) is 18.0 Å². The van der Waals surface area contributed by atoms with Crippen molar-refractivity contribution in [3.63, 3.8) is 0 Å². The number of aromatic nitrogens is 2. The molecule has 2 unspecified atom stereocenters. The molecule has 2 aromatic rings. The fraction of sp³-hybridized carbons (Fsp3) is 0.267. The molecule has 9 heteroatoms. The molecule has 24 heavy (non-hydrogen) atoms. The van der Waals surface area contributed by atoms with Gasteiger partial charge in [0.2, 0.25) is 5.95 Å². The maximum absolute atomic E-state index is 11.7. The highest BCUT2D eigenvalue weighted by atomic mass is 79.9. The molecule has 128 valence electrons. The van der Waals surface area contributed by atoms with Crippen LogP contribution in [0.1, 0.15) is 13.8 Å². The molecule has 0 amide bonds. The van der Waals surface area contributed by atoms with Crippen molar-refractivity contribution in [3.8, 4) is 0 Å². The molecule has 2 rings (SSSR count). The fourth-order valence-corrected chi connectivity index (χ4v) is 3.60. The lowest BCUT2D eigenvalue weighted by Crippen LogP contribution is -2.09. The summed E-state index contributed by atoms with van der Waals surface area (Å²) in [7, 11) is -2.73. The zero-order valence-electron chi connectivity index (χ0n) is 13.4. The SMILES string of the molecule is CC(=O)C(C)Sc1nc(Nc2ccc(S(C)(=N)=O)cc2)ncc1Br. The summed E-state index contributed by atoms with van der Waals surface area (Å²) in [4.78, 5) is 20.5. The third kappa shape index (κ3) is 5.02. The molecule has 0 fully saturated rings. The van der Waals surface area contributed by atoms with E-state index >= 15 is 0 Å². The number of thioether (sulfide) groups is 1. The van der Waals surface area contributed by atoms with E-state index in [4.69, 9.17) is 4.78 Å². The van der Waals surface area contributed by atoms with Crippen molar-refractivity contribution < 1.29 is 9.00 Å². The predicted molar refractivity (Wildman–Crippen MR) is 101 cm³/mol. The molecule has 0 saturated carbocycles. The first-order chi connectivity index (χ1) is 11.2. The normalized spacial score (nSPS) is 14.7. The number of benzene rings is 1. The molecule has 6 nitrogen and oxygen atoms in total. The second-order valence-electron chi connectivity index (χ2n) is 5.21. The zero-order valence-corrected chi connectivity index (χ0v) is 16.6. The number of nitrogens with zero attached hydrogens (tertiary/aromatic N) is 2. The second-order valence-corrected chi connectivity index (χ2v) is 9.55. The van der Waals surface area contributed by atoms with Gasteiger partial charge in [-0.05, 0) is 54.0 Å². The van der Waals surface area contributed by atoms with E-state index in [1.807, 2.05) is 6.92 Å². The van der Waals surface area contributed by atoms with Gasteiger partial charge in [-0.25, -0.2) is 19.0 Å². The van der Waals surface area contributed by atoms with E-state index in [1.54, 1.807) is 37.4 Å². The number of anilines is 2. The van der Waals surface area contributed by atoms with Crippen molar-refractivity contribution in [1.82, 2.24) is 9.97 Å². The van der Waals surface area contributed by atoms with Crippen LogP contribution in [0.3, 0.4) is 0 Å². The van der Waals surface area contributed by atoms with Crippen molar-refractivity contribution >= 4 is 54.8 Å². The molecule has 0 spiro atoms. The Bertz CT molecular complexity index is 854. The number of halogens is 1. The smallest absolute Gasteiger partial charge is 0.228 e. The Kier molecular flexibility index (Phi) is 6.00. The highest BCUT2D eigenvalue weighted by Crippen LogP contribution is 2.30. The van der Waals surface area contributed by atoms with Crippen LogP contribution in [0.4, 0.5) is 11.6 Å². The monoisotopic (exact) mass is 428 g/mol. The van der Waals surface area contributed by atoms with Crippen LogP contribution in [-0.2, 0) is 14.5 Å². The first-order valence-electron chi connectivity index (χ1n) is 6.97. The van der Waals surface area contributed by atoms with Gasteiger partial charge in [-0.2, -0.15) is 0 Å². The Morgan fingerprint density at radius 1 is 1.38 bits per heavy atom. The number of hydrogen-bond acceptors (Lipinski definition) is 7. The van der Waals surface area contributed by atoms with Crippen molar-refractivity contribution in [2.24, 2.45) is 0 Å². The van der Waals surface area contributed by atoms with Crippen LogP contribution < -0.4 is 5.32 Å². The predicted octanol–water partition coefficient (Wildman–Crippen LogP) is 4.09. The minimum atomic E-state index is -2.73. The van der Waals surface area contributed by atoms with Crippen molar-refractivity contribution in [2.45, 2.75) is 29.0 Å². The second kappa shape index (κ2) is 7.62.